The molecule has 3 amide bonds. The molecular weight excluding hydrogens is 477 g/mol. The van der Waals surface area contributed by atoms with Crippen LogP contribution in [-0.4, -0.2) is 46.4 Å². The Balaban J connectivity index is 1.58. The Bertz CT molecular complexity index is 1100. The van der Waals surface area contributed by atoms with Crippen LogP contribution in [0.5, 0.6) is 11.5 Å². The summed E-state index contributed by atoms with van der Waals surface area (Å²) in [5.41, 5.74) is -3.32. The highest BCUT2D eigenvalue weighted by atomic mass is 19.4. The number of amides is 3. The van der Waals surface area contributed by atoms with Crippen molar-refractivity contribution >= 4 is 11.9 Å². The molecule has 3 rings (SSSR count). The number of imide groups is 1. The van der Waals surface area contributed by atoms with Gasteiger partial charge in [0.25, 0.3) is 5.91 Å². The fourth-order valence-corrected chi connectivity index (χ4v) is 4.10. The number of carbonyl (C=O) groups excluding carboxylic acids is 2. The molecule has 0 aromatic heterocycles. The molecule has 0 aliphatic carbocycles. The van der Waals surface area contributed by atoms with Gasteiger partial charge in [-0.3, -0.25) is 9.69 Å². The van der Waals surface area contributed by atoms with E-state index in [0.717, 1.165) is 11.8 Å². The summed E-state index contributed by atoms with van der Waals surface area (Å²) in [7, 11) is 0. The maximum absolute atomic E-state index is 13.2. The second kappa shape index (κ2) is 10.4. The van der Waals surface area contributed by atoms with E-state index in [1.807, 2.05) is 6.92 Å². The topological polar surface area (TPSA) is 99.1 Å². The summed E-state index contributed by atoms with van der Waals surface area (Å²) in [4.78, 5) is 26.5. The molecule has 7 nitrogen and oxygen atoms in total. The largest absolute Gasteiger partial charge is 0.508 e. The van der Waals surface area contributed by atoms with Gasteiger partial charge in [0.15, 0.2) is 5.60 Å². The lowest BCUT2D eigenvalue weighted by Gasteiger charge is -2.27. The van der Waals surface area contributed by atoms with Crippen LogP contribution in [0.3, 0.4) is 0 Å². The fraction of sp³-hybridized carbons (Fsp3) is 0.462. The lowest BCUT2D eigenvalue weighted by Crippen LogP contribution is -2.40. The number of hydrogen-bond acceptors (Lipinski definition) is 5. The summed E-state index contributed by atoms with van der Waals surface area (Å²) < 4.78 is 45.5. The standard InChI is InChI=1S/C26H31F3N2O5/c1-4-7-17-16-19(25(3,35)26(27,28)29)10-13-21(17)36-15-6-5-14-31-22(33)24(2,30-23(31)34)18-8-11-20(32)12-9-18/h8-13,16,32,35H,4-7,14-15H2,1-3H3,(H,30,34). The van der Waals surface area contributed by atoms with Crippen LogP contribution in [-0.2, 0) is 22.4 Å². The van der Waals surface area contributed by atoms with E-state index in [2.05, 4.69) is 5.32 Å². The Hall–Kier alpha value is -3.27. The summed E-state index contributed by atoms with van der Waals surface area (Å²) in [6.45, 7) is 4.64. The first-order valence-corrected chi connectivity index (χ1v) is 11.8. The molecule has 3 N–H and O–H groups in total. The molecule has 0 bridgehead atoms. The average molecular weight is 509 g/mol. The third kappa shape index (κ3) is 5.43. The van der Waals surface area contributed by atoms with Crippen molar-refractivity contribution in [2.24, 2.45) is 0 Å². The van der Waals surface area contributed by atoms with E-state index < -0.39 is 29.3 Å². The van der Waals surface area contributed by atoms with Gasteiger partial charge < -0.3 is 20.3 Å². The highest BCUT2D eigenvalue weighted by Gasteiger charge is 2.51. The predicted octanol–water partition coefficient (Wildman–Crippen LogP) is 4.74. The SMILES string of the molecule is CCCc1cc(C(C)(O)C(F)(F)F)ccc1OCCCCN1C(=O)NC(C)(c2ccc(O)cc2)C1=O. The zero-order chi connectivity index (χ0) is 26.7. The number of aryl methyl sites for hydroxylation is 1. The lowest BCUT2D eigenvalue weighted by molar-refractivity contribution is -0.258. The van der Waals surface area contributed by atoms with Crippen molar-refractivity contribution in [2.75, 3.05) is 13.2 Å². The normalized spacial score (nSPS) is 19.8. The van der Waals surface area contributed by atoms with Crippen molar-refractivity contribution in [1.82, 2.24) is 10.2 Å². The Labute approximate surface area is 207 Å². The molecule has 2 aromatic carbocycles. The number of ether oxygens (including phenoxy) is 1. The highest BCUT2D eigenvalue weighted by Crippen LogP contribution is 2.40. The van der Waals surface area contributed by atoms with E-state index >= 15 is 0 Å². The fourth-order valence-electron chi connectivity index (χ4n) is 4.10. The van der Waals surface area contributed by atoms with Crippen LogP contribution >= 0.6 is 0 Å². The van der Waals surface area contributed by atoms with Crippen molar-refractivity contribution in [1.29, 1.82) is 0 Å². The smallest absolute Gasteiger partial charge is 0.421 e. The number of rotatable bonds is 10. The second-order valence-corrected chi connectivity index (χ2v) is 9.26. The van der Waals surface area contributed by atoms with Gasteiger partial charge in [0.05, 0.1) is 6.61 Å². The molecule has 196 valence electrons. The van der Waals surface area contributed by atoms with E-state index in [-0.39, 0.29) is 24.5 Å². The van der Waals surface area contributed by atoms with E-state index in [0.29, 0.717) is 42.6 Å². The molecule has 0 spiro atoms. The molecule has 2 atom stereocenters. The number of phenolic OH excluding ortho intramolecular Hbond substituents is 1. The molecular formula is C26H31F3N2O5. The van der Waals surface area contributed by atoms with Crippen molar-refractivity contribution < 1.29 is 37.7 Å². The van der Waals surface area contributed by atoms with Gasteiger partial charge in [0.1, 0.15) is 17.0 Å². The quantitative estimate of drug-likeness (QED) is 0.318. The van der Waals surface area contributed by atoms with Gasteiger partial charge in [-0.1, -0.05) is 31.5 Å². The zero-order valence-corrected chi connectivity index (χ0v) is 20.5. The predicted molar refractivity (Wildman–Crippen MR) is 126 cm³/mol. The summed E-state index contributed by atoms with van der Waals surface area (Å²) in [5.74, 6) is 0.101. The van der Waals surface area contributed by atoms with E-state index in [9.17, 15) is 33.0 Å². The molecule has 36 heavy (non-hydrogen) atoms. The van der Waals surface area contributed by atoms with Gasteiger partial charge in [0, 0.05) is 6.54 Å². The number of hydrogen-bond donors (Lipinski definition) is 3. The maximum atomic E-state index is 13.2. The molecule has 1 aliphatic rings. The van der Waals surface area contributed by atoms with E-state index in [1.54, 1.807) is 19.1 Å². The first-order valence-electron chi connectivity index (χ1n) is 11.8. The Morgan fingerprint density at radius 1 is 1.08 bits per heavy atom. The van der Waals surface area contributed by atoms with Crippen LogP contribution in [0, 0.1) is 0 Å². The molecule has 0 radical (unpaired) electrons. The third-order valence-electron chi connectivity index (χ3n) is 6.45. The number of aromatic hydroxyl groups is 1. The lowest BCUT2D eigenvalue weighted by atomic mass is 9.92. The van der Waals surface area contributed by atoms with Crippen LogP contribution in [0.15, 0.2) is 42.5 Å². The Kier molecular flexibility index (Phi) is 7.88. The highest BCUT2D eigenvalue weighted by molar-refractivity contribution is 6.07. The van der Waals surface area contributed by atoms with Crippen LogP contribution in [0.4, 0.5) is 18.0 Å². The van der Waals surface area contributed by atoms with Crippen molar-refractivity contribution in [3.05, 3.63) is 59.2 Å². The van der Waals surface area contributed by atoms with Crippen LogP contribution in [0.25, 0.3) is 0 Å². The van der Waals surface area contributed by atoms with Gasteiger partial charge >= 0.3 is 12.2 Å². The number of unbranched alkanes of at least 4 members (excludes halogenated alkanes) is 1. The minimum atomic E-state index is -4.81. The van der Waals surface area contributed by atoms with Crippen molar-refractivity contribution in [2.45, 2.75) is 63.8 Å². The molecule has 2 aromatic rings. The number of nitrogens with zero attached hydrogens (tertiary/aromatic N) is 1. The average Bonchev–Trinajstić information content (AvgIpc) is 3.03. The van der Waals surface area contributed by atoms with Gasteiger partial charge in [-0.15, -0.1) is 0 Å². The van der Waals surface area contributed by atoms with Crippen molar-refractivity contribution in [3.63, 3.8) is 0 Å². The monoisotopic (exact) mass is 508 g/mol. The van der Waals surface area contributed by atoms with Crippen molar-refractivity contribution in [3.8, 4) is 11.5 Å². The third-order valence-corrected chi connectivity index (χ3v) is 6.45. The zero-order valence-electron chi connectivity index (χ0n) is 20.5. The summed E-state index contributed by atoms with van der Waals surface area (Å²) in [6, 6.07) is 9.52. The summed E-state index contributed by atoms with van der Waals surface area (Å²) in [5, 5.41) is 22.2. The minimum absolute atomic E-state index is 0.0541. The van der Waals surface area contributed by atoms with Crippen LogP contribution in [0.2, 0.25) is 0 Å². The first-order chi connectivity index (χ1) is 16.8. The van der Waals surface area contributed by atoms with Gasteiger partial charge in [0.2, 0.25) is 0 Å². The van der Waals surface area contributed by atoms with Crippen LogP contribution in [0.1, 0.15) is 56.7 Å². The Morgan fingerprint density at radius 3 is 2.36 bits per heavy atom. The van der Waals surface area contributed by atoms with E-state index in [1.165, 1.54) is 30.3 Å². The molecule has 1 aliphatic heterocycles. The number of halogens is 3. The molecule has 10 heteroatoms. The maximum Gasteiger partial charge on any atom is 0.421 e. The van der Waals surface area contributed by atoms with Gasteiger partial charge in [-0.2, -0.15) is 13.2 Å². The molecule has 2 unspecified atom stereocenters. The molecule has 1 saturated heterocycles. The number of alkyl halides is 3. The summed E-state index contributed by atoms with van der Waals surface area (Å²) >= 11 is 0. The second-order valence-electron chi connectivity index (χ2n) is 9.26. The summed E-state index contributed by atoms with van der Waals surface area (Å²) in [6.07, 6.45) is -2.68. The van der Waals surface area contributed by atoms with E-state index in [4.69, 9.17) is 4.74 Å². The number of urea groups is 1. The number of benzene rings is 2. The number of nitrogens with one attached hydrogen (secondary N) is 1. The first kappa shape index (κ1) is 27.3. The minimum Gasteiger partial charge on any atom is -0.508 e. The molecule has 0 saturated carbocycles. The van der Waals surface area contributed by atoms with Gasteiger partial charge in [-0.05, 0) is 74.1 Å². The number of aliphatic hydroxyl groups is 1. The Morgan fingerprint density at radius 2 is 1.75 bits per heavy atom. The number of carbonyl (C=O) groups is 2. The molecule has 1 heterocycles. The van der Waals surface area contributed by atoms with Gasteiger partial charge in [-0.25, -0.2) is 4.79 Å². The van der Waals surface area contributed by atoms with Crippen LogP contribution < -0.4 is 10.1 Å². The molecule has 1 fully saturated rings. The number of phenols is 1.